The van der Waals surface area contributed by atoms with Crippen molar-refractivity contribution in [1.82, 2.24) is 15.3 Å². The highest BCUT2D eigenvalue weighted by Gasteiger charge is 2.17. The zero-order valence-electron chi connectivity index (χ0n) is 12.6. The van der Waals surface area contributed by atoms with Gasteiger partial charge in [0, 0.05) is 6.07 Å². The van der Waals surface area contributed by atoms with Crippen LogP contribution in [0.1, 0.15) is 17.3 Å². The number of nitrogens with zero attached hydrogens (tertiary/aromatic N) is 2. The molecule has 1 N–H and O–H groups in total. The highest BCUT2D eigenvalue weighted by atomic mass is 16.5. The van der Waals surface area contributed by atoms with Crippen LogP contribution in [-0.2, 0) is 0 Å². The molecular formula is C15H19N3O3. The summed E-state index contributed by atoms with van der Waals surface area (Å²) >= 11 is 0. The van der Waals surface area contributed by atoms with Crippen molar-refractivity contribution in [2.24, 2.45) is 0 Å². The first-order valence-corrected chi connectivity index (χ1v) is 6.48. The summed E-state index contributed by atoms with van der Waals surface area (Å²) < 4.78 is 15.7. The van der Waals surface area contributed by atoms with Gasteiger partial charge in [-0.15, -0.1) is 0 Å². The Morgan fingerprint density at radius 2 is 1.71 bits per heavy atom. The van der Waals surface area contributed by atoms with Crippen LogP contribution in [0.5, 0.6) is 17.4 Å². The maximum atomic E-state index is 5.34. The maximum absolute atomic E-state index is 5.34. The lowest BCUT2D eigenvalue weighted by molar-refractivity contribution is 0.354. The quantitative estimate of drug-likeness (QED) is 0.875. The minimum Gasteiger partial charge on any atom is -0.493 e. The Balaban J connectivity index is 2.40. The van der Waals surface area contributed by atoms with Gasteiger partial charge in [0.05, 0.1) is 33.1 Å². The Morgan fingerprint density at radius 3 is 2.33 bits per heavy atom. The second-order valence-electron chi connectivity index (χ2n) is 4.32. The van der Waals surface area contributed by atoms with E-state index in [0.29, 0.717) is 17.4 Å². The van der Waals surface area contributed by atoms with Gasteiger partial charge in [-0.25, -0.2) is 9.97 Å². The van der Waals surface area contributed by atoms with Gasteiger partial charge in [0.25, 0.3) is 0 Å². The molecule has 0 radical (unpaired) electrons. The van der Waals surface area contributed by atoms with Crippen molar-refractivity contribution in [2.75, 3.05) is 28.4 Å². The third kappa shape index (κ3) is 3.22. The molecule has 1 aromatic carbocycles. The summed E-state index contributed by atoms with van der Waals surface area (Å²) in [6.07, 6.45) is 1.49. The minimum absolute atomic E-state index is 0.0956. The van der Waals surface area contributed by atoms with E-state index in [0.717, 1.165) is 11.3 Å². The first-order valence-electron chi connectivity index (χ1n) is 6.48. The molecule has 6 nitrogen and oxygen atoms in total. The summed E-state index contributed by atoms with van der Waals surface area (Å²) in [5.74, 6) is 1.90. The molecule has 1 atom stereocenters. The number of rotatable bonds is 6. The zero-order chi connectivity index (χ0) is 15.2. The van der Waals surface area contributed by atoms with Crippen molar-refractivity contribution in [1.29, 1.82) is 0 Å². The molecule has 0 spiro atoms. The molecule has 0 saturated heterocycles. The van der Waals surface area contributed by atoms with Crippen molar-refractivity contribution >= 4 is 0 Å². The number of hydrogen-bond donors (Lipinski definition) is 1. The molecule has 0 bridgehead atoms. The second kappa shape index (κ2) is 6.90. The number of benzene rings is 1. The van der Waals surface area contributed by atoms with Gasteiger partial charge in [0.15, 0.2) is 11.5 Å². The Morgan fingerprint density at radius 1 is 0.952 bits per heavy atom. The van der Waals surface area contributed by atoms with Crippen LogP contribution in [0.15, 0.2) is 30.6 Å². The van der Waals surface area contributed by atoms with E-state index >= 15 is 0 Å². The fourth-order valence-corrected chi connectivity index (χ4v) is 2.14. The average Bonchev–Trinajstić information content (AvgIpc) is 2.55. The second-order valence-corrected chi connectivity index (χ2v) is 4.32. The van der Waals surface area contributed by atoms with Gasteiger partial charge in [-0.05, 0) is 24.7 Å². The average molecular weight is 289 g/mol. The van der Waals surface area contributed by atoms with E-state index < -0.39 is 0 Å². The van der Waals surface area contributed by atoms with Gasteiger partial charge in [0.2, 0.25) is 5.88 Å². The number of nitrogens with one attached hydrogen (secondary N) is 1. The molecule has 1 aromatic heterocycles. The normalized spacial score (nSPS) is 11.8. The van der Waals surface area contributed by atoms with Gasteiger partial charge in [-0.1, -0.05) is 6.07 Å². The third-order valence-corrected chi connectivity index (χ3v) is 3.20. The van der Waals surface area contributed by atoms with E-state index in [4.69, 9.17) is 14.2 Å². The highest BCUT2D eigenvalue weighted by molar-refractivity contribution is 5.45. The Kier molecular flexibility index (Phi) is 4.94. The summed E-state index contributed by atoms with van der Waals surface area (Å²) in [6, 6.07) is 7.47. The molecule has 21 heavy (non-hydrogen) atoms. The summed E-state index contributed by atoms with van der Waals surface area (Å²) in [7, 11) is 6.68. The fraction of sp³-hybridized carbons (Fsp3) is 0.333. The topological polar surface area (TPSA) is 65.5 Å². The lowest BCUT2D eigenvalue weighted by Gasteiger charge is -2.18. The summed E-state index contributed by atoms with van der Waals surface area (Å²) in [5.41, 5.74) is 1.83. The van der Waals surface area contributed by atoms with Crippen molar-refractivity contribution in [3.63, 3.8) is 0 Å². The van der Waals surface area contributed by atoms with Crippen molar-refractivity contribution in [2.45, 2.75) is 6.04 Å². The van der Waals surface area contributed by atoms with E-state index in [1.54, 1.807) is 27.4 Å². The molecule has 2 aromatic rings. The highest BCUT2D eigenvalue weighted by Crippen LogP contribution is 2.31. The van der Waals surface area contributed by atoms with Gasteiger partial charge < -0.3 is 19.5 Å². The van der Waals surface area contributed by atoms with Gasteiger partial charge in [-0.3, -0.25) is 0 Å². The SMILES string of the molecule is CNC(c1ccc(OC)c(OC)c1)c1cc(OC)ncn1. The monoisotopic (exact) mass is 289 g/mol. The Labute approximate surface area is 124 Å². The fourth-order valence-electron chi connectivity index (χ4n) is 2.14. The van der Waals surface area contributed by atoms with E-state index in [1.807, 2.05) is 25.2 Å². The summed E-state index contributed by atoms with van der Waals surface area (Å²) in [6.45, 7) is 0. The molecule has 1 unspecified atom stereocenters. The van der Waals surface area contributed by atoms with Crippen LogP contribution < -0.4 is 19.5 Å². The molecule has 0 amide bonds. The van der Waals surface area contributed by atoms with Gasteiger partial charge >= 0.3 is 0 Å². The van der Waals surface area contributed by atoms with Crippen molar-refractivity contribution < 1.29 is 14.2 Å². The zero-order valence-corrected chi connectivity index (χ0v) is 12.6. The molecule has 1 heterocycles. The molecule has 0 aliphatic rings. The first kappa shape index (κ1) is 15.1. The molecule has 2 rings (SSSR count). The number of aromatic nitrogens is 2. The van der Waals surface area contributed by atoms with Crippen LogP contribution in [0.25, 0.3) is 0 Å². The van der Waals surface area contributed by atoms with Gasteiger partial charge in [-0.2, -0.15) is 0 Å². The minimum atomic E-state index is -0.0956. The molecule has 0 fully saturated rings. The predicted molar refractivity (Wildman–Crippen MR) is 79.0 cm³/mol. The Bertz CT molecular complexity index is 604. The number of ether oxygens (including phenoxy) is 3. The predicted octanol–water partition coefficient (Wildman–Crippen LogP) is 1.81. The van der Waals surface area contributed by atoms with Crippen LogP contribution in [0.3, 0.4) is 0 Å². The van der Waals surface area contributed by atoms with Crippen LogP contribution in [0.2, 0.25) is 0 Å². The van der Waals surface area contributed by atoms with Crippen LogP contribution >= 0.6 is 0 Å². The van der Waals surface area contributed by atoms with Crippen molar-refractivity contribution in [3.05, 3.63) is 41.9 Å². The summed E-state index contributed by atoms with van der Waals surface area (Å²) in [4.78, 5) is 8.33. The number of methoxy groups -OCH3 is 3. The van der Waals surface area contributed by atoms with Crippen LogP contribution in [0.4, 0.5) is 0 Å². The van der Waals surface area contributed by atoms with E-state index in [9.17, 15) is 0 Å². The standard InChI is InChI=1S/C15H19N3O3/c1-16-15(11-8-14(21-4)18-9-17-11)10-5-6-12(19-2)13(7-10)20-3/h5-9,15-16H,1-4H3. The lowest BCUT2D eigenvalue weighted by atomic mass is 10.0. The third-order valence-electron chi connectivity index (χ3n) is 3.20. The largest absolute Gasteiger partial charge is 0.493 e. The molecular weight excluding hydrogens is 270 g/mol. The molecule has 6 heteroatoms. The molecule has 0 aliphatic heterocycles. The summed E-state index contributed by atoms with van der Waals surface area (Å²) in [5, 5.41) is 3.23. The van der Waals surface area contributed by atoms with E-state index in [2.05, 4.69) is 15.3 Å². The van der Waals surface area contributed by atoms with Gasteiger partial charge in [0.1, 0.15) is 6.33 Å². The molecule has 112 valence electrons. The van der Waals surface area contributed by atoms with Crippen LogP contribution in [0, 0.1) is 0 Å². The molecule has 0 aliphatic carbocycles. The number of hydrogen-bond acceptors (Lipinski definition) is 6. The van der Waals surface area contributed by atoms with Crippen LogP contribution in [-0.4, -0.2) is 38.3 Å². The maximum Gasteiger partial charge on any atom is 0.216 e. The smallest absolute Gasteiger partial charge is 0.216 e. The Hall–Kier alpha value is -2.34. The first-order chi connectivity index (χ1) is 10.2. The van der Waals surface area contributed by atoms with E-state index in [1.165, 1.54) is 6.33 Å². The lowest BCUT2D eigenvalue weighted by Crippen LogP contribution is -2.19. The van der Waals surface area contributed by atoms with E-state index in [-0.39, 0.29) is 6.04 Å². The molecule has 0 saturated carbocycles. The van der Waals surface area contributed by atoms with Crippen molar-refractivity contribution in [3.8, 4) is 17.4 Å².